The molecular formula is C15H18ClN3S. The SMILES string of the molecule is CC(C)(C)NCc1cccc(Cl)c1Sc1ccncn1. The fourth-order valence-electron chi connectivity index (χ4n) is 1.61. The highest BCUT2D eigenvalue weighted by molar-refractivity contribution is 7.99. The summed E-state index contributed by atoms with van der Waals surface area (Å²) in [6, 6.07) is 7.86. The van der Waals surface area contributed by atoms with Gasteiger partial charge in [0.1, 0.15) is 11.4 Å². The molecule has 0 amide bonds. The highest BCUT2D eigenvalue weighted by atomic mass is 35.5. The van der Waals surface area contributed by atoms with Crippen molar-refractivity contribution in [2.75, 3.05) is 0 Å². The Balaban J connectivity index is 2.22. The zero-order chi connectivity index (χ0) is 14.6. The van der Waals surface area contributed by atoms with E-state index in [1.165, 1.54) is 5.56 Å². The molecule has 5 heteroatoms. The molecule has 1 N–H and O–H groups in total. The van der Waals surface area contributed by atoms with Crippen LogP contribution in [0.5, 0.6) is 0 Å². The molecule has 1 aromatic carbocycles. The topological polar surface area (TPSA) is 37.8 Å². The predicted molar refractivity (Wildman–Crippen MR) is 84.2 cm³/mol. The molecule has 106 valence electrons. The van der Waals surface area contributed by atoms with Gasteiger partial charge >= 0.3 is 0 Å². The molecule has 1 aromatic heterocycles. The maximum atomic E-state index is 6.34. The van der Waals surface area contributed by atoms with Gasteiger partial charge < -0.3 is 5.32 Å². The van der Waals surface area contributed by atoms with Crippen LogP contribution >= 0.6 is 23.4 Å². The van der Waals surface area contributed by atoms with Crippen molar-refractivity contribution >= 4 is 23.4 Å². The largest absolute Gasteiger partial charge is 0.308 e. The van der Waals surface area contributed by atoms with E-state index in [-0.39, 0.29) is 5.54 Å². The first kappa shape index (κ1) is 15.3. The number of rotatable bonds is 4. The van der Waals surface area contributed by atoms with Crippen LogP contribution in [-0.2, 0) is 6.54 Å². The maximum Gasteiger partial charge on any atom is 0.116 e. The van der Waals surface area contributed by atoms with Crippen LogP contribution in [0.15, 0.2) is 46.7 Å². The fourth-order valence-corrected chi connectivity index (χ4v) is 2.80. The molecule has 0 atom stereocenters. The summed E-state index contributed by atoms with van der Waals surface area (Å²) in [7, 11) is 0. The van der Waals surface area contributed by atoms with E-state index in [0.29, 0.717) is 0 Å². The van der Waals surface area contributed by atoms with Gasteiger partial charge in [0.25, 0.3) is 0 Å². The Morgan fingerprint density at radius 3 is 2.70 bits per heavy atom. The third-order valence-corrected chi connectivity index (χ3v) is 4.18. The van der Waals surface area contributed by atoms with Crippen LogP contribution in [-0.4, -0.2) is 15.5 Å². The van der Waals surface area contributed by atoms with Gasteiger partial charge in [0.05, 0.1) is 5.02 Å². The summed E-state index contributed by atoms with van der Waals surface area (Å²) in [5.41, 5.74) is 1.25. The van der Waals surface area contributed by atoms with Crippen LogP contribution in [0, 0.1) is 0 Å². The Bertz CT molecular complexity index is 567. The van der Waals surface area contributed by atoms with E-state index in [4.69, 9.17) is 11.6 Å². The van der Waals surface area contributed by atoms with Crippen LogP contribution in [0.3, 0.4) is 0 Å². The second kappa shape index (κ2) is 6.57. The van der Waals surface area contributed by atoms with Crippen molar-refractivity contribution in [3.8, 4) is 0 Å². The van der Waals surface area contributed by atoms with Crippen molar-refractivity contribution < 1.29 is 0 Å². The van der Waals surface area contributed by atoms with Gasteiger partial charge in [-0.3, -0.25) is 0 Å². The third kappa shape index (κ3) is 4.47. The van der Waals surface area contributed by atoms with Crippen molar-refractivity contribution in [2.24, 2.45) is 0 Å². The Hall–Kier alpha value is -1.10. The minimum absolute atomic E-state index is 0.0686. The average Bonchev–Trinajstić information content (AvgIpc) is 2.40. The zero-order valence-electron chi connectivity index (χ0n) is 11.9. The Morgan fingerprint density at radius 1 is 1.25 bits per heavy atom. The van der Waals surface area contributed by atoms with Crippen LogP contribution in [0.4, 0.5) is 0 Å². The van der Waals surface area contributed by atoms with Gasteiger partial charge in [-0.05, 0) is 38.5 Å². The van der Waals surface area contributed by atoms with Crippen molar-refractivity contribution in [3.05, 3.63) is 47.4 Å². The summed E-state index contributed by atoms with van der Waals surface area (Å²) in [6.07, 6.45) is 3.28. The van der Waals surface area contributed by atoms with Crippen molar-refractivity contribution in [2.45, 2.75) is 42.8 Å². The number of nitrogens with one attached hydrogen (secondary N) is 1. The second-order valence-electron chi connectivity index (χ2n) is 5.48. The molecule has 2 rings (SSSR count). The molecule has 0 saturated heterocycles. The van der Waals surface area contributed by atoms with Gasteiger partial charge in [0, 0.05) is 23.2 Å². The molecule has 0 unspecified atom stereocenters. The molecule has 1 heterocycles. The minimum Gasteiger partial charge on any atom is -0.308 e. The molecule has 0 aliphatic carbocycles. The summed E-state index contributed by atoms with van der Waals surface area (Å²) in [6.45, 7) is 7.22. The van der Waals surface area contributed by atoms with Crippen molar-refractivity contribution in [1.82, 2.24) is 15.3 Å². The quantitative estimate of drug-likeness (QED) is 0.860. The first-order valence-electron chi connectivity index (χ1n) is 6.42. The van der Waals surface area contributed by atoms with E-state index in [1.807, 2.05) is 18.2 Å². The van der Waals surface area contributed by atoms with Gasteiger partial charge in [-0.15, -0.1) is 0 Å². The molecule has 0 aliphatic heterocycles. The molecule has 2 aromatic rings. The van der Waals surface area contributed by atoms with E-state index in [2.05, 4.69) is 42.1 Å². The summed E-state index contributed by atoms with van der Waals surface area (Å²) in [5.74, 6) is 0. The maximum absolute atomic E-state index is 6.34. The summed E-state index contributed by atoms with van der Waals surface area (Å²) < 4.78 is 0. The molecule has 3 nitrogen and oxygen atoms in total. The lowest BCUT2D eigenvalue weighted by molar-refractivity contribution is 0.422. The van der Waals surface area contributed by atoms with Gasteiger partial charge in [-0.1, -0.05) is 35.5 Å². The molecule has 0 spiro atoms. The normalized spacial score (nSPS) is 11.6. The molecule has 0 radical (unpaired) electrons. The Morgan fingerprint density at radius 2 is 2.05 bits per heavy atom. The summed E-state index contributed by atoms with van der Waals surface area (Å²) >= 11 is 7.91. The standard InChI is InChI=1S/C15H18ClN3S/c1-15(2,3)19-9-11-5-4-6-12(16)14(11)20-13-7-8-17-10-18-13/h4-8,10,19H,9H2,1-3H3. The van der Waals surface area contributed by atoms with Crippen molar-refractivity contribution in [3.63, 3.8) is 0 Å². The molecule has 0 fully saturated rings. The van der Waals surface area contributed by atoms with Crippen LogP contribution in [0.1, 0.15) is 26.3 Å². The number of benzene rings is 1. The van der Waals surface area contributed by atoms with E-state index >= 15 is 0 Å². The van der Waals surface area contributed by atoms with Gasteiger partial charge in [0.15, 0.2) is 0 Å². The number of halogens is 1. The highest BCUT2D eigenvalue weighted by Crippen LogP contribution is 2.35. The lowest BCUT2D eigenvalue weighted by Crippen LogP contribution is -2.35. The number of hydrogen-bond donors (Lipinski definition) is 1. The molecule has 20 heavy (non-hydrogen) atoms. The van der Waals surface area contributed by atoms with E-state index in [1.54, 1.807) is 24.3 Å². The molecule has 0 aliphatic rings. The third-order valence-electron chi connectivity index (χ3n) is 2.62. The van der Waals surface area contributed by atoms with Crippen molar-refractivity contribution in [1.29, 1.82) is 0 Å². The number of nitrogens with zero attached hydrogens (tertiary/aromatic N) is 2. The van der Waals surface area contributed by atoms with E-state index < -0.39 is 0 Å². The van der Waals surface area contributed by atoms with Crippen LogP contribution in [0.25, 0.3) is 0 Å². The summed E-state index contributed by atoms with van der Waals surface area (Å²) in [5, 5.41) is 5.13. The molecule has 0 saturated carbocycles. The monoisotopic (exact) mass is 307 g/mol. The Kier molecular flexibility index (Phi) is 5.02. The number of hydrogen-bond acceptors (Lipinski definition) is 4. The molecule has 0 bridgehead atoms. The van der Waals surface area contributed by atoms with Crippen LogP contribution < -0.4 is 5.32 Å². The van der Waals surface area contributed by atoms with Gasteiger partial charge in [-0.2, -0.15) is 0 Å². The highest BCUT2D eigenvalue weighted by Gasteiger charge is 2.13. The zero-order valence-corrected chi connectivity index (χ0v) is 13.4. The first-order valence-corrected chi connectivity index (χ1v) is 7.61. The predicted octanol–water partition coefficient (Wildman–Crippen LogP) is 4.17. The fraction of sp³-hybridized carbons (Fsp3) is 0.333. The van der Waals surface area contributed by atoms with Crippen LogP contribution in [0.2, 0.25) is 5.02 Å². The van der Waals surface area contributed by atoms with E-state index in [9.17, 15) is 0 Å². The lowest BCUT2D eigenvalue weighted by atomic mass is 10.1. The van der Waals surface area contributed by atoms with E-state index in [0.717, 1.165) is 21.5 Å². The second-order valence-corrected chi connectivity index (χ2v) is 6.92. The van der Waals surface area contributed by atoms with Gasteiger partial charge in [-0.25, -0.2) is 9.97 Å². The minimum atomic E-state index is 0.0686. The lowest BCUT2D eigenvalue weighted by Gasteiger charge is -2.21. The Labute approximate surface area is 129 Å². The average molecular weight is 308 g/mol. The first-order chi connectivity index (χ1) is 9.46. The van der Waals surface area contributed by atoms with Gasteiger partial charge in [0.2, 0.25) is 0 Å². The summed E-state index contributed by atoms with van der Waals surface area (Å²) in [4.78, 5) is 9.21. The molecular weight excluding hydrogens is 290 g/mol. The smallest absolute Gasteiger partial charge is 0.116 e. The number of aromatic nitrogens is 2.